The summed E-state index contributed by atoms with van der Waals surface area (Å²) >= 11 is 0. The zero-order chi connectivity index (χ0) is 13.0. The van der Waals surface area contributed by atoms with Crippen LogP contribution in [0.3, 0.4) is 0 Å². The number of carbonyl (C=O) groups is 1. The lowest BCUT2D eigenvalue weighted by molar-refractivity contribution is -0.119. The largest absolute Gasteiger partial charge is 0.316 e. The Morgan fingerprint density at radius 2 is 2.11 bits per heavy atom. The Labute approximate surface area is 109 Å². The van der Waals surface area contributed by atoms with Crippen molar-refractivity contribution in [3.8, 4) is 0 Å². The van der Waals surface area contributed by atoms with Crippen LogP contribution in [0.2, 0.25) is 0 Å². The number of hydrogen-bond donors (Lipinski definition) is 1. The summed E-state index contributed by atoms with van der Waals surface area (Å²) in [4.78, 5) is 14.3. The van der Waals surface area contributed by atoms with E-state index in [1.165, 1.54) is 0 Å². The van der Waals surface area contributed by atoms with E-state index in [4.69, 9.17) is 0 Å². The monoisotopic (exact) mass is 246 g/mol. The normalized spacial score (nSPS) is 23.7. The van der Waals surface area contributed by atoms with Crippen molar-refractivity contribution in [2.24, 2.45) is 5.92 Å². The first-order chi connectivity index (χ1) is 8.74. The molecule has 2 rings (SSSR count). The molecule has 1 amide bonds. The van der Waals surface area contributed by atoms with Crippen LogP contribution >= 0.6 is 0 Å². The van der Waals surface area contributed by atoms with Crippen LogP contribution in [0.5, 0.6) is 0 Å². The summed E-state index contributed by atoms with van der Waals surface area (Å²) < 4.78 is 0. The smallest absolute Gasteiger partial charge is 0.226 e. The van der Waals surface area contributed by atoms with Crippen molar-refractivity contribution in [3.05, 3.63) is 30.3 Å². The van der Waals surface area contributed by atoms with Crippen molar-refractivity contribution in [1.82, 2.24) is 5.32 Å². The van der Waals surface area contributed by atoms with E-state index in [2.05, 4.69) is 12.2 Å². The van der Waals surface area contributed by atoms with Crippen LogP contribution in [-0.2, 0) is 4.79 Å². The second kappa shape index (κ2) is 6.01. The van der Waals surface area contributed by atoms with Crippen LogP contribution in [0.4, 0.5) is 5.69 Å². The van der Waals surface area contributed by atoms with Gasteiger partial charge in [-0.25, -0.2) is 0 Å². The molecule has 0 aromatic heterocycles. The zero-order valence-electron chi connectivity index (χ0n) is 11.2. The van der Waals surface area contributed by atoms with Gasteiger partial charge in [-0.2, -0.15) is 0 Å². The van der Waals surface area contributed by atoms with E-state index in [1.807, 2.05) is 42.2 Å². The summed E-state index contributed by atoms with van der Waals surface area (Å²) in [5.74, 6) is 0.717. The first kappa shape index (κ1) is 13.1. The van der Waals surface area contributed by atoms with E-state index in [1.54, 1.807) is 0 Å². The molecule has 3 heteroatoms. The third-order valence-electron chi connectivity index (χ3n) is 3.68. The number of rotatable bonds is 3. The molecule has 1 aliphatic rings. The van der Waals surface area contributed by atoms with E-state index < -0.39 is 0 Å². The standard InChI is InChI=1S/C15H22N2O/c1-3-15(18)17(13-7-5-4-6-8-13)14-9-10-16-11-12(14)2/h4-8,12,14,16H,3,9-11H2,1-2H3/t12-,14-/m0/s1. The third-order valence-corrected chi connectivity index (χ3v) is 3.68. The predicted octanol–water partition coefficient (Wildman–Crippen LogP) is 2.43. The molecule has 0 radical (unpaired) electrons. The van der Waals surface area contributed by atoms with Crippen LogP contribution in [0.25, 0.3) is 0 Å². The van der Waals surface area contributed by atoms with E-state index in [-0.39, 0.29) is 5.91 Å². The minimum Gasteiger partial charge on any atom is -0.316 e. The zero-order valence-corrected chi connectivity index (χ0v) is 11.2. The van der Waals surface area contributed by atoms with E-state index in [0.717, 1.165) is 25.2 Å². The average molecular weight is 246 g/mol. The van der Waals surface area contributed by atoms with Gasteiger partial charge in [0.2, 0.25) is 5.91 Å². The minimum atomic E-state index is 0.222. The maximum absolute atomic E-state index is 12.3. The van der Waals surface area contributed by atoms with Crippen LogP contribution in [0.1, 0.15) is 26.7 Å². The highest BCUT2D eigenvalue weighted by molar-refractivity contribution is 5.93. The van der Waals surface area contributed by atoms with Crippen molar-refractivity contribution in [1.29, 1.82) is 0 Å². The molecule has 18 heavy (non-hydrogen) atoms. The molecule has 0 saturated carbocycles. The van der Waals surface area contributed by atoms with Gasteiger partial charge in [0.05, 0.1) is 0 Å². The Balaban J connectivity index is 2.27. The Morgan fingerprint density at radius 3 is 2.72 bits per heavy atom. The Bertz CT molecular complexity index is 391. The Hall–Kier alpha value is -1.35. The average Bonchev–Trinajstić information content (AvgIpc) is 2.42. The van der Waals surface area contributed by atoms with Gasteiger partial charge in [0.25, 0.3) is 0 Å². The number of nitrogens with zero attached hydrogens (tertiary/aromatic N) is 1. The van der Waals surface area contributed by atoms with Crippen molar-refractivity contribution in [3.63, 3.8) is 0 Å². The van der Waals surface area contributed by atoms with Crippen LogP contribution in [0.15, 0.2) is 30.3 Å². The number of para-hydroxylation sites is 1. The highest BCUT2D eigenvalue weighted by Gasteiger charge is 2.30. The van der Waals surface area contributed by atoms with Gasteiger partial charge in [-0.05, 0) is 37.6 Å². The lowest BCUT2D eigenvalue weighted by atomic mass is 9.93. The summed E-state index contributed by atoms with van der Waals surface area (Å²) in [6.45, 7) is 6.14. The molecule has 3 nitrogen and oxygen atoms in total. The first-order valence-electron chi connectivity index (χ1n) is 6.82. The lowest BCUT2D eigenvalue weighted by Crippen LogP contribution is -2.51. The van der Waals surface area contributed by atoms with Gasteiger partial charge in [0.1, 0.15) is 0 Å². The van der Waals surface area contributed by atoms with Gasteiger partial charge in [-0.3, -0.25) is 4.79 Å². The lowest BCUT2D eigenvalue weighted by Gasteiger charge is -2.39. The van der Waals surface area contributed by atoms with Gasteiger partial charge < -0.3 is 10.2 Å². The molecule has 2 atom stereocenters. The van der Waals surface area contributed by atoms with E-state index in [0.29, 0.717) is 18.4 Å². The molecule has 1 aromatic carbocycles. The van der Waals surface area contributed by atoms with Crippen LogP contribution in [-0.4, -0.2) is 25.0 Å². The maximum Gasteiger partial charge on any atom is 0.226 e. The summed E-state index contributed by atoms with van der Waals surface area (Å²) in [6.07, 6.45) is 1.59. The minimum absolute atomic E-state index is 0.222. The molecule has 1 saturated heterocycles. The van der Waals surface area contributed by atoms with Crippen molar-refractivity contribution in [2.45, 2.75) is 32.7 Å². The molecule has 1 heterocycles. The van der Waals surface area contributed by atoms with Crippen molar-refractivity contribution < 1.29 is 4.79 Å². The van der Waals surface area contributed by atoms with E-state index in [9.17, 15) is 4.79 Å². The van der Waals surface area contributed by atoms with Gasteiger partial charge >= 0.3 is 0 Å². The summed E-state index contributed by atoms with van der Waals surface area (Å²) in [6, 6.07) is 10.4. The second-order valence-electron chi connectivity index (χ2n) is 4.99. The fourth-order valence-corrected chi connectivity index (χ4v) is 2.66. The molecule has 1 aliphatic heterocycles. The molecular formula is C15H22N2O. The highest BCUT2D eigenvalue weighted by Crippen LogP contribution is 2.25. The topological polar surface area (TPSA) is 32.3 Å². The number of amides is 1. The quantitative estimate of drug-likeness (QED) is 0.888. The first-order valence-corrected chi connectivity index (χ1v) is 6.82. The number of anilines is 1. The molecule has 0 spiro atoms. The van der Waals surface area contributed by atoms with Gasteiger partial charge in [0.15, 0.2) is 0 Å². The SMILES string of the molecule is CCC(=O)N(c1ccccc1)[C@H]1CCNC[C@@H]1C. The number of carbonyl (C=O) groups excluding carboxylic acids is 1. The maximum atomic E-state index is 12.3. The predicted molar refractivity (Wildman–Crippen MR) is 74.7 cm³/mol. The Morgan fingerprint density at radius 1 is 1.39 bits per heavy atom. The molecule has 1 fully saturated rings. The molecule has 0 bridgehead atoms. The fraction of sp³-hybridized carbons (Fsp3) is 0.533. The van der Waals surface area contributed by atoms with Crippen LogP contribution < -0.4 is 10.2 Å². The molecular weight excluding hydrogens is 224 g/mol. The second-order valence-corrected chi connectivity index (χ2v) is 4.99. The van der Waals surface area contributed by atoms with Crippen molar-refractivity contribution >= 4 is 11.6 Å². The number of hydrogen-bond acceptors (Lipinski definition) is 2. The van der Waals surface area contributed by atoms with Gasteiger partial charge in [0, 0.05) is 18.2 Å². The molecule has 0 aliphatic carbocycles. The molecule has 0 unspecified atom stereocenters. The van der Waals surface area contributed by atoms with Crippen LogP contribution in [0, 0.1) is 5.92 Å². The number of nitrogens with one attached hydrogen (secondary N) is 1. The molecule has 1 N–H and O–H groups in total. The van der Waals surface area contributed by atoms with E-state index >= 15 is 0 Å². The fourth-order valence-electron chi connectivity index (χ4n) is 2.66. The van der Waals surface area contributed by atoms with Gasteiger partial charge in [-0.15, -0.1) is 0 Å². The summed E-state index contributed by atoms with van der Waals surface area (Å²) in [5.41, 5.74) is 1.03. The Kier molecular flexibility index (Phi) is 4.37. The summed E-state index contributed by atoms with van der Waals surface area (Å²) in [5, 5.41) is 3.39. The molecule has 98 valence electrons. The summed E-state index contributed by atoms with van der Waals surface area (Å²) in [7, 11) is 0. The van der Waals surface area contributed by atoms with Crippen molar-refractivity contribution in [2.75, 3.05) is 18.0 Å². The molecule has 1 aromatic rings. The third kappa shape index (κ3) is 2.72. The number of benzene rings is 1. The highest BCUT2D eigenvalue weighted by atomic mass is 16.2. The van der Waals surface area contributed by atoms with Gasteiger partial charge in [-0.1, -0.05) is 32.0 Å². The number of piperidine rings is 1.